The highest BCUT2D eigenvalue weighted by molar-refractivity contribution is 5.94. The fraction of sp³-hybridized carbons (Fsp3) is 0.273. The van der Waals surface area contributed by atoms with E-state index < -0.39 is 5.97 Å². The van der Waals surface area contributed by atoms with E-state index in [1.54, 1.807) is 43.5 Å². The van der Waals surface area contributed by atoms with Crippen molar-refractivity contribution in [2.75, 3.05) is 13.7 Å². The van der Waals surface area contributed by atoms with Gasteiger partial charge < -0.3 is 14.2 Å². The van der Waals surface area contributed by atoms with E-state index in [-0.39, 0.29) is 5.78 Å². The number of esters is 1. The second kappa shape index (κ2) is 9.57. The topological polar surface area (TPSA) is 61.8 Å². The van der Waals surface area contributed by atoms with Gasteiger partial charge in [0.1, 0.15) is 5.75 Å². The van der Waals surface area contributed by atoms with Crippen LogP contribution < -0.4 is 14.2 Å². The number of hydrogen-bond acceptors (Lipinski definition) is 5. The zero-order valence-corrected chi connectivity index (χ0v) is 16.0. The van der Waals surface area contributed by atoms with Crippen LogP contribution in [-0.2, 0) is 4.79 Å². The van der Waals surface area contributed by atoms with Crippen molar-refractivity contribution in [2.45, 2.75) is 20.8 Å². The summed E-state index contributed by atoms with van der Waals surface area (Å²) < 4.78 is 16.3. The first-order valence-electron chi connectivity index (χ1n) is 8.70. The Morgan fingerprint density at radius 3 is 2.33 bits per heavy atom. The van der Waals surface area contributed by atoms with Crippen molar-refractivity contribution in [2.24, 2.45) is 5.92 Å². The average Bonchev–Trinajstić information content (AvgIpc) is 2.65. The number of benzene rings is 2. The van der Waals surface area contributed by atoms with Crippen molar-refractivity contribution in [3.63, 3.8) is 0 Å². The molecule has 0 heterocycles. The molecule has 0 fully saturated rings. The number of Topliss-reactive ketones (excluding diaryl/α,β-unsaturated/α-hetero) is 1. The van der Waals surface area contributed by atoms with Gasteiger partial charge in [0.2, 0.25) is 0 Å². The number of carbonyl (C=O) groups excluding carboxylic acids is 2. The molecule has 0 unspecified atom stereocenters. The average molecular weight is 368 g/mol. The van der Waals surface area contributed by atoms with Crippen LogP contribution in [0, 0.1) is 5.92 Å². The number of methoxy groups -OCH3 is 1. The zero-order chi connectivity index (χ0) is 19.8. The highest BCUT2D eigenvalue weighted by atomic mass is 16.5. The summed E-state index contributed by atoms with van der Waals surface area (Å²) in [6, 6.07) is 11.9. The van der Waals surface area contributed by atoms with Gasteiger partial charge in [0.25, 0.3) is 0 Å². The molecule has 0 radical (unpaired) electrons. The van der Waals surface area contributed by atoms with Gasteiger partial charge in [-0.3, -0.25) is 4.79 Å². The van der Waals surface area contributed by atoms with Crippen LogP contribution in [0.4, 0.5) is 0 Å². The van der Waals surface area contributed by atoms with Gasteiger partial charge in [0.05, 0.1) is 13.7 Å². The largest absolute Gasteiger partial charge is 0.493 e. The maximum atomic E-state index is 12.0. The molecule has 0 amide bonds. The molecule has 2 aromatic carbocycles. The number of hydrogen-bond donors (Lipinski definition) is 0. The third-order valence-corrected chi connectivity index (χ3v) is 3.65. The van der Waals surface area contributed by atoms with Crippen LogP contribution in [-0.4, -0.2) is 25.5 Å². The summed E-state index contributed by atoms with van der Waals surface area (Å²) in [6.07, 6.45) is 2.98. The number of ether oxygens (including phenoxy) is 3. The monoisotopic (exact) mass is 368 g/mol. The molecule has 2 aromatic rings. The highest BCUT2D eigenvalue weighted by Gasteiger charge is 2.07. The molecule has 5 heteroatoms. The second-order valence-electron chi connectivity index (χ2n) is 6.45. The van der Waals surface area contributed by atoms with Gasteiger partial charge in [-0.25, -0.2) is 4.79 Å². The number of carbonyl (C=O) groups is 2. The van der Waals surface area contributed by atoms with Crippen LogP contribution in [0.1, 0.15) is 36.7 Å². The smallest absolute Gasteiger partial charge is 0.336 e. The van der Waals surface area contributed by atoms with Crippen molar-refractivity contribution >= 4 is 17.8 Å². The van der Waals surface area contributed by atoms with Crippen LogP contribution >= 0.6 is 0 Å². The predicted molar refractivity (Wildman–Crippen MR) is 104 cm³/mol. The Kier molecular flexibility index (Phi) is 7.17. The van der Waals surface area contributed by atoms with Crippen LogP contribution in [0.25, 0.3) is 6.08 Å². The van der Waals surface area contributed by atoms with Gasteiger partial charge in [-0.05, 0) is 60.9 Å². The van der Waals surface area contributed by atoms with Crippen molar-refractivity contribution in [1.29, 1.82) is 0 Å². The van der Waals surface area contributed by atoms with Gasteiger partial charge in [0.15, 0.2) is 17.3 Å². The summed E-state index contributed by atoms with van der Waals surface area (Å²) in [7, 11) is 1.57. The SMILES string of the molecule is COc1cc(/C=C/C(=O)Oc2ccc(C(C)=O)cc2)ccc1OCC(C)C. The summed E-state index contributed by atoms with van der Waals surface area (Å²) in [4.78, 5) is 23.2. The fourth-order valence-electron chi connectivity index (χ4n) is 2.24. The first-order valence-corrected chi connectivity index (χ1v) is 8.70. The Labute approximate surface area is 159 Å². The summed E-state index contributed by atoms with van der Waals surface area (Å²) in [6.45, 7) is 6.23. The summed E-state index contributed by atoms with van der Waals surface area (Å²) in [5.41, 5.74) is 1.35. The Hall–Kier alpha value is -3.08. The number of ketones is 1. The van der Waals surface area contributed by atoms with E-state index in [0.29, 0.717) is 35.3 Å². The molecule has 0 saturated heterocycles. The first-order chi connectivity index (χ1) is 12.9. The molecule has 0 atom stereocenters. The molecule has 0 aliphatic rings. The predicted octanol–water partition coefficient (Wildman–Crippen LogP) is 4.55. The van der Waals surface area contributed by atoms with Crippen molar-refractivity contribution in [3.05, 3.63) is 59.7 Å². The molecular weight excluding hydrogens is 344 g/mol. The number of rotatable bonds is 8. The van der Waals surface area contributed by atoms with Crippen LogP contribution in [0.15, 0.2) is 48.5 Å². The molecule has 0 aliphatic carbocycles. The maximum Gasteiger partial charge on any atom is 0.336 e. The van der Waals surface area contributed by atoms with E-state index >= 15 is 0 Å². The van der Waals surface area contributed by atoms with Crippen LogP contribution in [0.2, 0.25) is 0 Å². The minimum absolute atomic E-state index is 0.0393. The summed E-state index contributed by atoms with van der Waals surface area (Å²) in [5.74, 6) is 1.51. The third-order valence-electron chi connectivity index (χ3n) is 3.65. The lowest BCUT2D eigenvalue weighted by molar-refractivity contribution is -0.128. The molecule has 0 aromatic heterocycles. The second-order valence-corrected chi connectivity index (χ2v) is 6.45. The molecule has 0 bridgehead atoms. The Balaban J connectivity index is 2.01. The summed E-state index contributed by atoms with van der Waals surface area (Å²) >= 11 is 0. The van der Waals surface area contributed by atoms with Gasteiger partial charge in [-0.1, -0.05) is 19.9 Å². The lowest BCUT2D eigenvalue weighted by atomic mass is 10.1. The molecule has 0 N–H and O–H groups in total. The van der Waals surface area contributed by atoms with Gasteiger partial charge in [-0.15, -0.1) is 0 Å². The van der Waals surface area contributed by atoms with E-state index in [2.05, 4.69) is 13.8 Å². The molecule has 142 valence electrons. The Morgan fingerprint density at radius 2 is 1.74 bits per heavy atom. The van der Waals surface area contributed by atoms with Crippen molar-refractivity contribution < 1.29 is 23.8 Å². The van der Waals surface area contributed by atoms with Crippen molar-refractivity contribution in [1.82, 2.24) is 0 Å². The Bertz CT molecular complexity index is 819. The third kappa shape index (κ3) is 6.29. The minimum Gasteiger partial charge on any atom is -0.493 e. The Morgan fingerprint density at radius 1 is 1.04 bits per heavy atom. The van der Waals surface area contributed by atoms with Gasteiger partial charge in [0, 0.05) is 11.6 Å². The van der Waals surface area contributed by atoms with E-state index in [9.17, 15) is 9.59 Å². The summed E-state index contributed by atoms with van der Waals surface area (Å²) in [5, 5.41) is 0. The van der Waals surface area contributed by atoms with Crippen LogP contribution in [0.3, 0.4) is 0 Å². The molecule has 27 heavy (non-hydrogen) atoms. The molecule has 5 nitrogen and oxygen atoms in total. The van der Waals surface area contributed by atoms with E-state index in [1.165, 1.54) is 13.0 Å². The quantitative estimate of drug-likeness (QED) is 0.296. The lowest BCUT2D eigenvalue weighted by Gasteiger charge is -2.12. The fourth-order valence-corrected chi connectivity index (χ4v) is 2.24. The first kappa shape index (κ1) is 20.2. The normalized spacial score (nSPS) is 10.9. The van der Waals surface area contributed by atoms with Gasteiger partial charge >= 0.3 is 5.97 Å². The molecular formula is C22H24O5. The minimum atomic E-state index is -0.510. The molecule has 0 saturated carbocycles. The van der Waals surface area contributed by atoms with Crippen LogP contribution in [0.5, 0.6) is 17.2 Å². The molecule has 2 rings (SSSR count). The lowest BCUT2D eigenvalue weighted by Crippen LogP contribution is -2.05. The highest BCUT2D eigenvalue weighted by Crippen LogP contribution is 2.29. The van der Waals surface area contributed by atoms with Gasteiger partial charge in [-0.2, -0.15) is 0 Å². The van der Waals surface area contributed by atoms with E-state index in [1.807, 2.05) is 12.1 Å². The van der Waals surface area contributed by atoms with E-state index in [4.69, 9.17) is 14.2 Å². The zero-order valence-electron chi connectivity index (χ0n) is 16.0. The standard InChI is InChI=1S/C22H24O5/c1-15(2)14-26-20-11-5-17(13-21(20)25-4)6-12-22(24)27-19-9-7-18(8-10-19)16(3)23/h5-13,15H,14H2,1-4H3/b12-6+. The molecule has 0 spiro atoms. The van der Waals surface area contributed by atoms with E-state index in [0.717, 1.165) is 5.56 Å². The maximum absolute atomic E-state index is 12.0. The van der Waals surface area contributed by atoms with Crippen molar-refractivity contribution in [3.8, 4) is 17.2 Å². The molecule has 0 aliphatic heterocycles.